The maximum Gasteiger partial charge on any atom is 0.164 e. The lowest BCUT2D eigenvalue weighted by atomic mass is 9.97. The Labute approximate surface area is 291 Å². The molecule has 0 fully saturated rings. The Bertz CT molecular complexity index is 2630. The third-order valence-electron chi connectivity index (χ3n) is 9.29. The Hall–Kier alpha value is -6.71. The fourth-order valence-corrected chi connectivity index (χ4v) is 6.61. The Morgan fingerprint density at radius 2 is 0.540 bits per heavy atom. The summed E-state index contributed by atoms with van der Waals surface area (Å²) in [6, 6.07) is 66.0. The zero-order valence-corrected chi connectivity index (χ0v) is 27.2. The highest BCUT2D eigenvalue weighted by molar-refractivity contribution is 5.91. The van der Waals surface area contributed by atoms with Crippen LogP contribution in [0, 0.1) is 0 Å². The predicted octanol–water partition coefficient (Wildman–Crippen LogP) is 12.2. The minimum atomic E-state index is 0.639. The van der Waals surface area contributed by atoms with Crippen LogP contribution in [-0.4, -0.2) is 15.0 Å². The average Bonchev–Trinajstić information content (AvgIpc) is 3.21. The summed E-state index contributed by atoms with van der Waals surface area (Å²) in [5.74, 6) is 1.93. The minimum Gasteiger partial charge on any atom is -0.208 e. The summed E-state index contributed by atoms with van der Waals surface area (Å²) in [5.41, 5.74) is 9.85. The van der Waals surface area contributed by atoms with Gasteiger partial charge in [0.05, 0.1) is 0 Å². The predicted molar refractivity (Wildman–Crippen MR) is 207 cm³/mol. The van der Waals surface area contributed by atoms with Crippen molar-refractivity contribution in [3.63, 3.8) is 0 Å². The molecule has 9 aromatic rings. The Kier molecular flexibility index (Phi) is 7.49. The highest BCUT2D eigenvalue weighted by atomic mass is 15.0. The SMILES string of the molecule is c1ccc(-c2ccc(-c3nc(-c4cccc(-c5ccc6cc(-c7ccccc7)ccc6c5)c4)nc(-c4ccc5ccccc5c4)n3)cc2)cc1. The van der Waals surface area contributed by atoms with Crippen LogP contribution >= 0.6 is 0 Å². The molecule has 0 aliphatic rings. The van der Waals surface area contributed by atoms with Crippen molar-refractivity contribution in [1.29, 1.82) is 0 Å². The zero-order chi connectivity index (χ0) is 33.3. The molecule has 1 aromatic heterocycles. The number of hydrogen-bond acceptors (Lipinski definition) is 3. The van der Waals surface area contributed by atoms with Gasteiger partial charge in [-0.1, -0.05) is 164 Å². The van der Waals surface area contributed by atoms with Gasteiger partial charge in [0.15, 0.2) is 17.5 Å². The van der Waals surface area contributed by atoms with Gasteiger partial charge in [-0.15, -0.1) is 0 Å². The number of fused-ring (bicyclic) bond motifs is 2. The summed E-state index contributed by atoms with van der Waals surface area (Å²) in [7, 11) is 0. The van der Waals surface area contributed by atoms with E-state index < -0.39 is 0 Å². The fraction of sp³-hybridized carbons (Fsp3) is 0. The molecule has 0 amide bonds. The van der Waals surface area contributed by atoms with Gasteiger partial charge in [0, 0.05) is 16.7 Å². The fourth-order valence-electron chi connectivity index (χ4n) is 6.61. The van der Waals surface area contributed by atoms with Gasteiger partial charge in [-0.2, -0.15) is 0 Å². The summed E-state index contributed by atoms with van der Waals surface area (Å²) in [5, 5.41) is 4.75. The van der Waals surface area contributed by atoms with Crippen LogP contribution in [0.4, 0.5) is 0 Å². The zero-order valence-electron chi connectivity index (χ0n) is 27.2. The Morgan fingerprint density at radius 1 is 0.200 bits per heavy atom. The number of rotatable bonds is 6. The van der Waals surface area contributed by atoms with Gasteiger partial charge < -0.3 is 0 Å². The molecule has 0 aliphatic heterocycles. The maximum atomic E-state index is 5.07. The van der Waals surface area contributed by atoms with Gasteiger partial charge in [-0.25, -0.2) is 15.0 Å². The van der Waals surface area contributed by atoms with Crippen molar-refractivity contribution in [2.45, 2.75) is 0 Å². The summed E-state index contributed by atoms with van der Waals surface area (Å²) in [6.45, 7) is 0. The summed E-state index contributed by atoms with van der Waals surface area (Å²) < 4.78 is 0. The molecule has 3 heteroatoms. The van der Waals surface area contributed by atoms with Crippen LogP contribution in [0.3, 0.4) is 0 Å². The number of hydrogen-bond donors (Lipinski definition) is 0. The molecular weight excluding hydrogens is 607 g/mol. The van der Waals surface area contributed by atoms with Crippen molar-refractivity contribution in [3.8, 4) is 67.5 Å². The van der Waals surface area contributed by atoms with E-state index in [1.807, 2.05) is 6.07 Å². The van der Waals surface area contributed by atoms with E-state index in [1.54, 1.807) is 0 Å². The van der Waals surface area contributed by atoms with Crippen molar-refractivity contribution in [3.05, 3.63) is 188 Å². The molecular formula is C47H31N3. The molecule has 0 aliphatic carbocycles. The van der Waals surface area contributed by atoms with Crippen molar-refractivity contribution in [2.24, 2.45) is 0 Å². The van der Waals surface area contributed by atoms with Crippen LogP contribution in [0.1, 0.15) is 0 Å². The molecule has 0 atom stereocenters. The van der Waals surface area contributed by atoms with E-state index in [9.17, 15) is 0 Å². The standard InChI is InChI=1S/C47H31N3/c1-3-10-32(11-4-1)35-18-21-36(22-19-35)45-48-46(50-47(49-45)44-27-20-34-14-7-8-15-37(34)30-44)43-17-9-16-38(31-43)40-25-26-41-28-39(23-24-42(41)29-40)33-12-5-2-6-13-33/h1-31H. The summed E-state index contributed by atoms with van der Waals surface area (Å²) >= 11 is 0. The third-order valence-corrected chi connectivity index (χ3v) is 9.29. The van der Waals surface area contributed by atoms with E-state index in [4.69, 9.17) is 15.0 Å². The minimum absolute atomic E-state index is 0.639. The van der Waals surface area contributed by atoms with Crippen molar-refractivity contribution >= 4 is 21.5 Å². The molecule has 0 saturated carbocycles. The molecule has 0 radical (unpaired) electrons. The van der Waals surface area contributed by atoms with Gasteiger partial charge in [0.1, 0.15) is 0 Å². The second kappa shape index (κ2) is 12.7. The number of benzene rings is 8. The van der Waals surface area contributed by atoms with Crippen molar-refractivity contribution in [2.75, 3.05) is 0 Å². The molecule has 9 rings (SSSR count). The van der Waals surface area contributed by atoms with Crippen LogP contribution in [-0.2, 0) is 0 Å². The van der Waals surface area contributed by atoms with E-state index in [0.29, 0.717) is 17.5 Å². The average molecular weight is 638 g/mol. The Morgan fingerprint density at radius 3 is 1.20 bits per heavy atom. The second-order valence-corrected chi connectivity index (χ2v) is 12.5. The lowest BCUT2D eigenvalue weighted by molar-refractivity contribution is 1.07. The smallest absolute Gasteiger partial charge is 0.164 e. The van der Waals surface area contributed by atoms with Gasteiger partial charge in [-0.3, -0.25) is 0 Å². The van der Waals surface area contributed by atoms with E-state index in [1.165, 1.54) is 32.8 Å². The lowest BCUT2D eigenvalue weighted by Crippen LogP contribution is -2.00. The van der Waals surface area contributed by atoms with Crippen LogP contribution in [0.5, 0.6) is 0 Å². The quantitative estimate of drug-likeness (QED) is 0.182. The van der Waals surface area contributed by atoms with Crippen LogP contribution in [0.15, 0.2) is 188 Å². The first-order valence-electron chi connectivity index (χ1n) is 16.8. The third kappa shape index (κ3) is 5.82. The molecule has 8 aromatic carbocycles. The molecule has 0 spiro atoms. The van der Waals surface area contributed by atoms with Crippen LogP contribution in [0.25, 0.3) is 89.1 Å². The highest BCUT2D eigenvalue weighted by Crippen LogP contribution is 2.32. The first kappa shape index (κ1) is 29.4. The summed E-state index contributed by atoms with van der Waals surface area (Å²) in [4.78, 5) is 15.2. The topological polar surface area (TPSA) is 38.7 Å². The van der Waals surface area contributed by atoms with E-state index in [2.05, 4.69) is 182 Å². The molecule has 0 unspecified atom stereocenters. The van der Waals surface area contributed by atoms with Gasteiger partial charge >= 0.3 is 0 Å². The largest absolute Gasteiger partial charge is 0.208 e. The number of aromatic nitrogens is 3. The van der Waals surface area contributed by atoms with Crippen LogP contribution < -0.4 is 0 Å². The molecule has 0 bridgehead atoms. The first-order valence-corrected chi connectivity index (χ1v) is 16.8. The maximum absolute atomic E-state index is 5.07. The molecule has 0 N–H and O–H groups in total. The molecule has 0 saturated heterocycles. The second-order valence-electron chi connectivity index (χ2n) is 12.5. The molecule has 3 nitrogen and oxygen atoms in total. The van der Waals surface area contributed by atoms with Crippen molar-refractivity contribution < 1.29 is 0 Å². The van der Waals surface area contributed by atoms with Gasteiger partial charge in [0.25, 0.3) is 0 Å². The van der Waals surface area contributed by atoms with E-state index in [-0.39, 0.29) is 0 Å². The molecule has 234 valence electrons. The van der Waals surface area contributed by atoms with Crippen LogP contribution in [0.2, 0.25) is 0 Å². The highest BCUT2D eigenvalue weighted by Gasteiger charge is 2.14. The number of nitrogens with zero attached hydrogens (tertiary/aromatic N) is 3. The van der Waals surface area contributed by atoms with Gasteiger partial charge in [0.2, 0.25) is 0 Å². The normalized spacial score (nSPS) is 11.2. The first-order chi connectivity index (χ1) is 24.7. The monoisotopic (exact) mass is 637 g/mol. The Balaban J connectivity index is 1.12. The van der Waals surface area contributed by atoms with E-state index >= 15 is 0 Å². The summed E-state index contributed by atoms with van der Waals surface area (Å²) in [6.07, 6.45) is 0. The van der Waals surface area contributed by atoms with Gasteiger partial charge in [-0.05, 0) is 79.2 Å². The van der Waals surface area contributed by atoms with Crippen molar-refractivity contribution in [1.82, 2.24) is 15.0 Å². The lowest BCUT2D eigenvalue weighted by Gasteiger charge is -2.11. The molecule has 50 heavy (non-hydrogen) atoms. The van der Waals surface area contributed by atoms with E-state index in [0.717, 1.165) is 38.8 Å². The molecule has 1 heterocycles.